The highest BCUT2D eigenvalue weighted by molar-refractivity contribution is 6.30. The largest absolute Gasteiger partial charge is 0.456 e. The molecule has 0 aromatic carbocycles. The Hall–Kier alpha value is -1.19. The molecule has 0 aromatic heterocycles. The van der Waals surface area contributed by atoms with Gasteiger partial charge in [-0.1, -0.05) is 6.92 Å². The summed E-state index contributed by atoms with van der Waals surface area (Å²) in [5, 5.41) is 13.9. The summed E-state index contributed by atoms with van der Waals surface area (Å²) in [5.41, 5.74) is 0.0303. The molecule has 0 unspecified atom stereocenters. The van der Waals surface area contributed by atoms with Gasteiger partial charge in [-0.25, -0.2) is 0 Å². The maximum atomic E-state index is 10.4. The van der Waals surface area contributed by atoms with Gasteiger partial charge in [0.05, 0.1) is 5.71 Å². The molecule has 62 valence electrons. The van der Waals surface area contributed by atoms with Crippen molar-refractivity contribution >= 4 is 17.9 Å². The fourth-order valence-electron chi connectivity index (χ4n) is 0.660. The normalized spacial score (nSPS) is 11.8. The van der Waals surface area contributed by atoms with Crippen molar-refractivity contribution in [3.8, 4) is 0 Å². The molecule has 4 heteroatoms. The Bertz CT molecular complexity index is 177. The number of esters is 1. The molecule has 0 aliphatic heterocycles. The molecule has 0 radical (unpaired) electrons. The number of rotatable bonds is 4. The van der Waals surface area contributed by atoms with E-state index < -0.39 is 12.1 Å². The molecule has 0 fully saturated rings. The lowest BCUT2D eigenvalue weighted by Crippen LogP contribution is -2.25. The summed E-state index contributed by atoms with van der Waals surface area (Å²) >= 11 is 0. The first-order valence-electron chi connectivity index (χ1n) is 3.38. The first kappa shape index (κ1) is 9.81. The van der Waals surface area contributed by atoms with Crippen molar-refractivity contribution in [3.05, 3.63) is 0 Å². The highest BCUT2D eigenvalue weighted by Crippen LogP contribution is 1.98. The topological polar surface area (TPSA) is 74.0 Å². The molecule has 2 N–H and O–H groups in total. The van der Waals surface area contributed by atoms with Gasteiger partial charge in [0.1, 0.15) is 6.10 Å². The van der Waals surface area contributed by atoms with Crippen molar-refractivity contribution in [2.45, 2.75) is 26.4 Å². The third-order valence-corrected chi connectivity index (χ3v) is 1.18. The van der Waals surface area contributed by atoms with Gasteiger partial charge in [0, 0.05) is 13.1 Å². The van der Waals surface area contributed by atoms with Crippen LogP contribution in [0.5, 0.6) is 0 Å². The Morgan fingerprint density at radius 3 is 2.55 bits per heavy atom. The Balaban J connectivity index is 4.05. The van der Waals surface area contributed by atoms with Crippen LogP contribution in [0.15, 0.2) is 0 Å². The van der Waals surface area contributed by atoms with Gasteiger partial charge in [-0.05, 0) is 6.42 Å². The summed E-state index contributed by atoms with van der Waals surface area (Å²) in [4.78, 5) is 10.4. The van der Waals surface area contributed by atoms with Crippen molar-refractivity contribution in [1.82, 2.24) is 0 Å². The summed E-state index contributed by atoms with van der Waals surface area (Å²) in [6.45, 7) is 3.09. The van der Waals surface area contributed by atoms with Gasteiger partial charge in [-0.2, -0.15) is 0 Å². The number of hydrogen-bond acceptors (Lipinski definition) is 4. The van der Waals surface area contributed by atoms with Crippen LogP contribution in [0, 0.1) is 10.8 Å². The molecule has 0 amide bonds. The first-order valence-corrected chi connectivity index (χ1v) is 3.38. The second-order valence-corrected chi connectivity index (χ2v) is 2.11. The third kappa shape index (κ3) is 3.50. The monoisotopic (exact) mass is 156 g/mol. The average Bonchev–Trinajstić information content (AvgIpc) is 1.98. The van der Waals surface area contributed by atoms with Gasteiger partial charge in [-0.15, -0.1) is 0 Å². The molecule has 0 aliphatic rings. The van der Waals surface area contributed by atoms with Gasteiger partial charge in [0.2, 0.25) is 0 Å². The number of ether oxygens (including phenoxy) is 1. The molecular formula is C7H12N2O2. The summed E-state index contributed by atoms with van der Waals surface area (Å²) in [6, 6.07) is 0. The highest BCUT2D eigenvalue weighted by Gasteiger charge is 2.12. The van der Waals surface area contributed by atoms with Crippen LogP contribution in [0.1, 0.15) is 20.3 Å². The molecule has 0 spiro atoms. The molecule has 0 saturated carbocycles. The standard InChI is InChI=1S/C7H12N2O2/c1-3-7(6(9)4-8)11-5(2)10/h4,7-9H,3H2,1-2H3/t7-/m0/s1. The maximum absolute atomic E-state index is 10.4. The second-order valence-electron chi connectivity index (χ2n) is 2.11. The Labute approximate surface area is 65.6 Å². The Morgan fingerprint density at radius 2 is 2.27 bits per heavy atom. The van der Waals surface area contributed by atoms with Crippen LogP contribution in [-0.4, -0.2) is 24.0 Å². The van der Waals surface area contributed by atoms with Crippen molar-refractivity contribution < 1.29 is 9.53 Å². The Kier molecular flexibility index (Phi) is 4.10. The van der Waals surface area contributed by atoms with E-state index >= 15 is 0 Å². The van der Waals surface area contributed by atoms with E-state index in [9.17, 15) is 4.79 Å². The van der Waals surface area contributed by atoms with Crippen LogP contribution in [0.2, 0.25) is 0 Å². The predicted octanol–water partition coefficient (Wildman–Crippen LogP) is 0.997. The van der Waals surface area contributed by atoms with Crippen LogP contribution < -0.4 is 0 Å². The number of hydrogen-bond donors (Lipinski definition) is 2. The van der Waals surface area contributed by atoms with Crippen molar-refractivity contribution in [2.75, 3.05) is 0 Å². The summed E-state index contributed by atoms with van der Waals surface area (Å²) in [7, 11) is 0. The fourth-order valence-corrected chi connectivity index (χ4v) is 0.660. The van der Waals surface area contributed by atoms with Gasteiger partial charge >= 0.3 is 5.97 Å². The zero-order valence-corrected chi connectivity index (χ0v) is 6.68. The van der Waals surface area contributed by atoms with Crippen LogP contribution >= 0.6 is 0 Å². The van der Waals surface area contributed by atoms with Crippen molar-refractivity contribution in [3.63, 3.8) is 0 Å². The smallest absolute Gasteiger partial charge is 0.303 e. The predicted molar refractivity (Wildman–Crippen MR) is 42.4 cm³/mol. The summed E-state index contributed by atoms with van der Waals surface area (Å²) in [6.07, 6.45) is 0.871. The molecule has 0 bridgehead atoms. The van der Waals surface area contributed by atoms with Crippen LogP contribution in [0.25, 0.3) is 0 Å². The van der Waals surface area contributed by atoms with Crippen molar-refractivity contribution in [1.29, 1.82) is 10.8 Å². The van der Waals surface area contributed by atoms with Gasteiger partial charge in [0.15, 0.2) is 0 Å². The van der Waals surface area contributed by atoms with E-state index in [0.717, 1.165) is 6.21 Å². The zero-order valence-electron chi connectivity index (χ0n) is 6.68. The third-order valence-electron chi connectivity index (χ3n) is 1.18. The van der Waals surface area contributed by atoms with Crippen LogP contribution in [0.4, 0.5) is 0 Å². The molecular weight excluding hydrogens is 144 g/mol. The molecule has 0 heterocycles. The minimum absolute atomic E-state index is 0.0303. The molecule has 0 rings (SSSR count). The summed E-state index contributed by atoms with van der Waals surface area (Å²) < 4.78 is 4.74. The van der Waals surface area contributed by atoms with E-state index in [0.29, 0.717) is 6.42 Å². The number of carbonyl (C=O) groups excluding carboxylic acids is 1. The first-order chi connectivity index (χ1) is 5.11. The quantitative estimate of drug-likeness (QED) is 0.470. The van der Waals surface area contributed by atoms with E-state index in [1.165, 1.54) is 6.92 Å². The lowest BCUT2D eigenvalue weighted by molar-refractivity contribution is -0.143. The maximum Gasteiger partial charge on any atom is 0.303 e. The minimum Gasteiger partial charge on any atom is -0.456 e. The second kappa shape index (κ2) is 4.60. The van der Waals surface area contributed by atoms with Crippen LogP contribution in [-0.2, 0) is 9.53 Å². The van der Waals surface area contributed by atoms with E-state index in [-0.39, 0.29) is 5.71 Å². The fraction of sp³-hybridized carbons (Fsp3) is 0.571. The van der Waals surface area contributed by atoms with E-state index in [4.69, 9.17) is 15.6 Å². The minimum atomic E-state index is -0.551. The Morgan fingerprint density at radius 1 is 1.73 bits per heavy atom. The van der Waals surface area contributed by atoms with E-state index in [1.807, 2.05) is 0 Å². The molecule has 0 saturated heterocycles. The highest BCUT2D eigenvalue weighted by atomic mass is 16.5. The molecule has 0 aliphatic carbocycles. The lowest BCUT2D eigenvalue weighted by atomic mass is 10.2. The molecule has 11 heavy (non-hydrogen) atoms. The van der Waals surface area contributed by atoms with Gasteiger partial charge in [0.25, 0.3) is 0 Å². The molecule has 0 aromatic rings. The van der Waals surface area contributed by atoms with Crippen LogP contribution in [0.3, 0.4) is 0 Å². The van der Waals surface area contributed by atoms with Gasteiger partial charge in [-0.3, -0.25) is 10.2 Å². The average molecular weight is 156 g/mol. The lowest BCUT2D eigenvalue weighted by Gasteiger charge is -2.12. The van der Waals surface area contributed by atoms with E-state index in [1.54, 1.807) is 6.92 Å². The van der Waals surface area contributed by atoms with Gasteiger partial charge < -0.3 is 10.1 Å². The SMILES string of the molecule is CC[C@H](OC(C)=O)C(=N)C=N. The zero-order chi connectivity index (χ0) is 8.85. The molecule has 4 nitrogen and oxygen atoms in total. The number of carbonyl (C=O) groups is 1. The summed E-state index contributed by atoms with van der Waals surface area (Å²) in [5.74, 6) is -0.413. The van der Waals surface area contributed by atoms with E-state index in [2.05, 4.69) is 0 Å². The number of nitrogens with one attached hydrogen (secondary N) is 2. The van der Waals surface area contributed by atoms with Crippen molar-refractivity contribution in [2.24, 2.45) is 0 Å². The molecule has 1 atom stereocenters.